The maximum Gasteiger partial charge on any atom is 0.301 e. The average Bonchev–Trinajstić information content (AvgIpc) is 2.71. The molecule has 0 bridgehead atoms. The second kappa shape index (κ2) is 8.93. The molecule has 2 aromatic heterocycles. The fraction of sp³-hybridized carbons (Fsp3) is 0.458. The van der Waals surface area contributed by atoms with Crippen LogP contribution in [-0.2, 0) is 10.5 Å². The summed E-state index contributed by atoms with van der Waals surface area (Å²) in [4.78, 5) is 13.0. The van der Waals surface area contributed by atoms with E-state index in [9.17, 15) is 9.67 Å². The first-order valence-corrected chi connectivity index (χ1v) is 13.4. The first-order valence-electron chi connectivity index (χ1n) is 10.8. The fourth-order valence-electron chi connectivity index (χ4n) is 3.66. The van der Waals surface area contributed by atoms with Gasteiger partial charge in [-0.2, -0.15) is 8.78 Å². The first kappa shape index (κ1) is 26.1. The fourth-order valence-corrected chi connectivity index (χ4v) is 4.43. The van der Waals surface area contributed by atoms with E-state index < -0.39 is 42.0 Å². The topological polar surface area (TPSA) is 88.0 Å². The van der Waals surface area contributed by atoms with E-state index in [4.69, 9.17) is 0 Å². The number of pyridine rings is 1. The van der Waals surface area contributed by atoms with Crippen molar-refractivity contribution in [3.63, 3.8) is 0 Å². The quantitative estimate of drug-likeness (QED) is 0.447. The number of rotatable bonds is 6. The molecule has 0 saturated carbocycles. The maximum absolute atomic E-state index is 15.4. The molecule has 1 aromatic carbocycles. The molecule has 2 N–H and O–H groups in total. The molecule has 1 unspecified atom stereocenters. The van der Waals surface area contributed by atoms with Gasteiger partial charge in [-0.15, -0.1) is 0 Å². The highest BCUT2D eigenvalue weighted by Gasteiger charge is 2.48. The van der Waals surface area contributed by atoms with Gasteiger partial charge in [0.25, 0.3) is 0 Å². The largest absolute Gasteiger partial charge is 0.386 e. The zero-order chi connectivity index (χ0) is 25.6. The Morgan fingerprint density at radius 3 is 2.38 bits per heavy atom. The Bertz CT molecular complexity index is 1270. The van der Waals surface area contributed by atoms with Crippen LogP contribution in [0.25, 0.3) is 10.9 Å². The summed E-state index contributed by atoms with van der Waals surface area (Å²) >= 11 is 0. The molecule has 0 aliphatic heterocycles. The highest BCUT2D eigenvalue weighted by atomic mass is 31.2. The predicted octanol–water partition coefficient (Wildman–Crippen LogP) is 5.39. The van der Waals surface area contributed by atoms with E-state index in [1.807, 2.05) is 0 Å². The van der Waals surface area contributed by atoms with Crippen LogP contribution in [0.3, 0.4) is 0 Å². The second-order valence-electron chi connectivity index (χ2n) is 10.00. The van der Waals surface area contributed by atoms with Crippen molar-refractivity contribution in [2.24, 2.45) is 5.41 Å². The number of aromatic nitrogens is 3. The van der Waals surface area contributed by atoms with E-state index in [1.54, 1.807) is 33.2 Å². The smallest absolute Gasteiger partial charge is 0.301 e. The lowest BCUT2D eigenvalue weighted by Crippen LogP contribution is -2.41. The molecule has 0 fully saturated rings. The maximum atomic E-state index is 15.4. The third kappa shape index (κ3) is 5.10. The number of halogens is 3. The summed E-state index contributed by atoms with van der Waals surface area (Å²) in [6, 6.07) is 4.61. The molecule has 0 saturated heterocycles. The van der Waals surface area contributed by atoms with Crippen molar-refractivity contribution in [3.8, 4) is 0 Å². The molecule has 0 amide bonds. The number of nitrogens with one attached hydrogen (secondary N) is 1. The van der Waals surface area contributed by atoms with Crippen molar-refractivity contribution in [1.29, 1.82) is 0 Å². The number of nitrogens with zero attached hydrogens (tertiary/aromatic N) is 3. The van der Waals surface area contributed by atoms with Gasteiger partial charge in [-0.25, -0.2) is 14.4 Å². The van der Waals surface area contributed by atoms with Gasteiger partial charge in [0, 0.05) is 10.9 Å². The molecule has 0 radical (unpaired) electrons. The summed E-state index contributed by atoms with van der Waals surface area (Å²) in [7, 11) is -2.66. The van der Waals surface area contributed by atoms with Gasteiger partial charge in [-0.05, 0) is 44.7 Å². The molecule has 3 rings (SSSR count). The Hall–Kier alpha value is -2.51. The monoisotopic (exact) mass is 494 g/mol. The van der Waals surface area contributed by atoms with Crippen LogP contribution in [0.2, 0.25) is 0 Å². The number of fused-ring (bicyclic) bond motifs is 1. The van der Waals surface area contributed by atoms with Gasteiger partial charge in [0.2, 0.25) is 0 Å². The minimum absolute atomic E-state index is 0.00589. The number of alkyl halides is 2. The number of aliphatic hydroxyl groups is 1. The molecule has 6 nitrogen and oxygen atoms in total. The van der Waals surface area contributed by atoms with Gasteiger partial charge in [0.05, 0.1) is 23.3 Å². The highest BCUT2D eigenvalue weighted by Crippen LogP contribution is 2.42. The van der Waals surface area contributed by atoms with Crippen molar-refractivity contribution in [3.05, 3.63) is 53.2 Å². The number of hydrogen-bond donors (Lipinski definition) is 2. The van der Waals surface area contributed by atoms with Crippen LogP contribution in [0, 0.1) is 18.2 Å². The minimum atomic E-state index is -3.79. The SMILES string of the molecule is Cc1nc(N[C@H](C)c2cccc(C(F)(F)C(O)C(C)(C)C)c2F)c2cc(P(C)(C)=O)ncc2n1. The summed E-state index contributed by atoms with van der Waals surface area (Å²) in [5.74, 6) is -4.11. The van der Waals surface area contributed by atoms with Gasteiger partial charge in [-0.3, -0.25) is 4.98 Å². The van der Waals surface area contributed by atoms with Crippen molar-refractivity contribution in [2.45, 2.75) is 52.7 Å². The number of hydrogen-bond acceptors (Lipinski definition) is 6. The van der Waals surface area contributed by atoms with Crippen LogP contribution in [0.5, 0.6) is 0 Å². The lowest BCUT2D eigenvalue weighted by Gasteiger charge is -2.33. The first-order chi connectivity index (χ1) is 15.5. The number of anilines is 1. The van der Waals surface area contributed by atoms with Crippen LogP contribution in [-0.4, -0.2) is 39.5 Å². The Balaban J connectivity index is 2.05. The second-order valence-corrected chi connectivity index (χ2v) is 13.2. The molecule has 0 aliphatic rings. The van der Waals surface area contributed by atoms with Crippen LogP contribution in [0.15, 0.2) is 30.5 Å². The van der Waals surface area contributed by atoms with Crippen LogP contribution >= 0.6 is 7.14 Å². The Morgan fingerprint density at radius 1 is 1.15 bits per heavy atom. The van der Waals surface area contributed by atoms with Crippen LogP contribution in [0.1, 0.15) is 50.7 Å². The van der Waals surface area contributed by atoms with Crippen molar-refractivity contribution in [2.75, 3.05) is 18.6 Å². The Kier molecular flexibility index (Phi) is 6.86. The molecule has 2 atom stereocenters. The summed E-state index contributed by atoms with van der Waals surface area (Å²) in [6.07, 6.45) is -0.573. The van der Waals surface area contributed by atoms with Gasteiger partial charge in [0.15, 0.2) is 0 Å². The Morgan fingerprint density at radius 2 is 1.79 bits per heavy atom. The van der Waals surface area contributed by atoms with Crippen LogP contribution in [0.4, 0.5) is 19.0 Å². The lowest BCUT2D eigenvalue weighted by atomic mass is 9.82. The molecular formula is C24H30F3N4O2P. The zero-order valence-electron chi connectivity index (χ0n) is 20.3. The summed E-state index contributed by atoms with van der Waals surface area (Å²) in [5.41, 5.74) is -1.12. The minimum Gasteiger partial charge on any atom is -0.386 e. The third-order valence-corrected chi connectivity index (χ3v) is 6.95. The number of aliphatic hydroxyl groups excluding tert-OH is 1. The van der Waals surface area contributed by atoms with Gasteiger partial charge >= 0.3 is 5.92 Å². The van der Waals surface area contributed by atoms with Gasteiger partial charge in [0.1, 0.15) is 36.1 Å². The summed E-state index contributed by atoms with van der Waals surface area (Å²) < 4.78 is 58.0. The van der Waals surface area contributed by atoms with Crippen molar-refractivity contribution >= 4 is 29.3 Å². The molecule has 34 heavy (non-hydrogen) atoms. The van der Waals surface area contributed by atoms with Crippen LogP contribution < -0.4 is 10.8 Å². The molecular weight excluding hydrogens is 464 g/mol. The van der Waals surface area contributed by atoms with E-state index in [2.05, 4.69) is 20.3 Å². The normalized spacial score (nSPS) is 14.8. The number of benzene rings is 1. The van der Waals surface area contributed by atoms with Crippen molar-refractivity contribution < 1.29 is 22.8 Å². The third-order valence-electron chi connectivity index (χ3n) is 5.60. The van der Waals surface area contributed by atoms with E-state index >= 15 is 13.2 Å². The van der Waals surface area contributed by atoms with Gasteiger partial charge in [-0.1, -0.05) is 32.9 Å². The molecule has 184 valence electrons. The number of aryl methyl sites for hydroxylation is 1. The molecule has 0 aliphatic carbocycles. The van der Waals surface area contributed by atoms with E-state index in [-0.39, 0.29) is 5.56 Å². The lowest BCUT2D eigenvalue weighted by molar-refractivity contribution is -0.157. The predicted molar refractivity (Wildman–Crippen MR) is 129 cm³/mol. The summed E-state index contributed by atoms with van der Waals surface area (Å²) in [5, 5.41) is 13.8. The molecule has 0 spiro atoms. The molecule has 2 heterocycles. The zero-order valence-corrected chi connectivity index (χ0v) is 21.2. The Labute approximate surface area is 197 Å². The molecule has 10 heteroatoms. The highest BCUT2D eigenvalue weighted by molar-refractivity contribution is 7.69. The van der Waals surface area contributed by atoms with E-state index in [1.165, 1.54) is 39.1 Å². The summed E-state index contributed by atoms with van der Waals surface area (Å²) in [6.45, 7) is 10.9. The van der Waals surface area contributed by atoms with E-state index in [0.29, 0.717) is 28.0 Å². The van der Waals surface area contributed by atoms with Gasteiger partial charge < -0.3 is 15.0 Å². The van der Waals surface area contributed by atoms with E-state index in [0.717, 1.165) is 6.07 Å². The standard InChI is InChI=1S/C24H30F3N4O2P/c1-13(15-9-8-10-17(20(15)25)24(26,27)22(32)23(3,4)5)29-21-16-11-19(34(6,7)33)28-12-18(16)30-14(2)31-21/h8-13,22,32H,1-7H3,(H,29,30,31)/t13-,22?/m1/s1. The van der Waals surface area contributed by atoms with Crippen molar-refractivity contribution in [1.82, 2.24) is 15.0 Å². The average molecular weight is 494 g/mol. The molecule has 3 aromatic rings.